The van der Waals surface area contributed by atoms with Crippen LogP contribution in [0.5, 0.6) is 0 Å². The molecule has 1 aliphatic heterocycles. The number of hydrogen-bond donors (Lipinski definition) is 2. The minimum atomic E-state index is -0.207. The molecule has 1 aromatic heterocycles. The number of carbonyl (C=O) groups is 1. The molecule has 0 aromatic carbocycles. The monoisotopic (exact) mass is 284 g/mol. The fourth-order valence-electron chi connectivity index (χ4n) is 1.71. The van der Waals surface area contributed by atoms with E-state index < -0.39 is 0 Å². The van der Waals surface area contributed by atoms with Crippen LogP contribution in [-0.2, 0) is 16.0 Å². The van der Waals surface area contributed by atoms with Crippen LogP contribution in [0.15, 0.2) is 0 Å². The highest BCUT2D eigenvalue weighted by Crippen LogP contribution is 2.19. The highest BCUT2D eigenvalue weighted by molar-refractivity contribution is 7.15. The molecule has 0 aliphatic carbocycles. The summed E-state index contributed by atoms with van der Waals surface area (Å²) in [4.78, 5) is 11.7. The van der Waals surface area contributed by atoms with E-state index in [0.29, 0.717) is 11.0 Å². The Balaban J connectivity index is 1.76. The molecule has 0 atom stereocenters. The molecule has 0 radical (unpaired) electrons. The maximum absolute atomic E-state index is 11.7. The Hall–Kier alpha value is -1.05. The van der Waals surface area contributed by atoms with E-state index in [1.165, 1.54) is 11.3 Å². The van der Waals surface area contributed by atoms with Gasteiger partial charge in [-0.3, -0.25) is 10.1 Å². The summed E-state index contributed by atoms with van der Waals surface area (Å²) in [5.74, 6) is 0.353. The van der Waals surface area contributed by atoms with Gasteiger partial charge in [-0.1, -0.05) is 25.2 Å². The number of nitrogens with zero attached hydrogens (tertiary/aromatic N) is 2. The van der Waals surface area contributed by atoms with Gasteiger partial charge in [-0.15, -0.1) is 10.2 Å². The van der Waals surface area contributed by atoms with Crippen molar-refractivity contribution in [1.29, 1.82) is 0 Å². The number of nitrogens with one attached hydrogen (secondary N) is 2. The van der Waals surface area contributed by atoms with Crippen molar-refractivity contribution in [2.24, 2.45) is 5.92 Å². The Bertz CT molecular complexity index is 443. The third kappa shape index (κ3) is 4.22. The van der Waals surface area contributed by atoms with E-state index in [0.717, 1.165) is 24.5 Å². The summed E-state index contributed by atoms with van der Waals surface area (Å²) in [5.41, 5.74) is -0.207. The van der Waals surface area contributed by atoms with Crippen molar-refractivity contribution in [3.8, 4) is 0 Å². The molecule has 1 aromatic rings. The summed E-state index contributed by atoms with van der Waals surface area (Å²) in [6, 6.07) is 0. The third-order valence-electron chi connectivity index (χ3n) is 2.85. The predicted octanol–water partition coefficient (Wildman–Crippen LogP) is 1.05. The second-order valence-electron chi connectivity index (χ2n) is 5.49. The lowest BCUT2D eigenvalue weighted by atomic mass is 10.0. The Kier molecular flexibility index (Phi) is 4.49. The molecule has 0 saturated carbocycles. The maximum Gasteiger partial charge on any atom is 0.252 e. The van der Waals surface area contributed by atoms with E-state index in [9.17, 15) is 4.79 Å². The van der Waals surface area contributed by atoms with Gasteiger partial charge in [0.1, 0.15) is 11.6 Å². The number of ether oxygens (including phenoxy) is 1. The third-order valence-corrected chi connectivity index (χ3v) is 3.71. The molecule has 106 valence electrons. The van der Waals surface area contributed by atoms with Gasteiger partial charge in [-0.25, -0.2) is 0 Å². The van der Waals surface area contributed by atoms with Crippen molar-refractivity contribution in [1.82, 2.24) is 15.5 Å². The van der Waals surface area contributed by atoms with Gasteiger partial charge in [0.05, 0.1) is 5.60 Å². The zero-order valence-electron chi connectivity index (χ0n) is 11.5. The molecule has 2 rings (SSSR count). The highest BCUT2D eigenvalue weighted by atomic mass is 32.1. The molecule has 19 heavy (non-hydrogen) atoms. The van der Waals surface area contributed by atoms with Crippen molar-refractivity contribution in [2.45, 2.75) is 32.8 Å². The van der Waals surface area contributed by atoms with Crippen LogP contribution < -0.4 is 10.6 Å². The van der Waals surface area contributed by atoms with E-state index >= 15 is 0 Å². The van der Waals surface area contributed by atoms with Crippen LogP contribution in [0.25, 0.3) is 0 Å². The molecular formula is C12H20N4O2S. The van der Waals surface area contributed by atoms with Crippen LogP contribution >= 0.6 is 11.3 Å². The standard InChI is InChI=1S/C12H20N4O2S/c1-8(2)4-10-15-16-11(19-10)14-9(17)5-18-12(3)6-13-7-12/h8,13H,4-7H2,1-3H3,(H,14,16,17). The Labute approximate surface area is 116 Å². The molecule has 1 amide bonds. The zero-order valence-corrected chi connectivity index (χ0v) is 12.3. The molecule has 0 spiro atoms. The van der Waals surface area contributed by atoms with Gasteiger partial charge in [0, 0.05) is 19.5 Å². The molecule has 7 heteroatoms. The van der Waals surface area contributed by atoms with Gasteiger partial charge in [0.15, 0.2) is 0 Å². The fraction of sp³-hybridized carbons (Fsp3) is 0.750. The Morgan fingerprint density at radius 3 is 2.84 bits per heavy atom. The van der Waals surface area contributed by atoms with Crippen LogP contribution in [0, 0.1) is 5.92 Å². The molecule has 0 bridgehead atoms. The normalized spacial score (nSPS) is 17.3. The molecule has 2 N–H and O–H groups in total. The van der Waals surface area contributed by atoms with Crippen molar-refractivity contribution >= 4 is 22.4 Å². The van der Waals surface area contributed by atoms with Gasteiger partial charge in [-0.05, 0) is 12.8 Å². The summed E-state index contributed by atoms with van der Waals surface area (Å²) in [7, 11) is 0. The first kappa shape index (κ1) is 14.4. The molecular weight excluding hydrogens is 264 g/mol. The van der Waals surface area contributed by atoms with Gasteiger partial charge in [0.2, 0.25) is 5.13 Å². The van der Waals surface area contributed by atoms with E-state index in [2.05, 4.69) is 34.7 Å². The summed E-state index contributed by atoms with van der Waals surface area (Å²) in [5, 5.41) is 15.3. The van der Waals surface area contributed by atoms with E-state index in [-0.39, 0.29) is 18.1 Å². The lowest BCUT2D eigenvalue weighted by Crippen LogP contribution is -2.59. The molecule has 1 saturated heterocycles. The van der Waals surface area contributed by atoms with Crippen molar-refractivity contribution < 1.29 is 9.53 Å². The molecule has 2 heterocycles. The van der Waals surface area contributed by atoms with Gasteiger partial charge >= 0.3 is 0 Å². The SMILES string of the molecule is CC(C)Cc1nnc(NC(=O)COC2(C)CNC2)s1. The van der Waals surface area contributed by atoms with Crippen LogP contribution in [0.3, 0.4) is 0 Å². The fourth-order valence-corrected chi connectivity index (χ4v) is 2.68. The van der Waals surface area contributed by atoms with Crippen molar-refractivity contribution in [2.75, 3.05) is 25.0 Å². The number of amides is 1. The second kappa shape index (κ2) is 5.94. The Morgan fingerprint density at radius 2 is 2.26 bits per heavy atom. The van der Waals surface area contributed by atoms with E-state index in [4.69, 9.17) is 4.74 Å². The van der Waals surface area contributed by atoms with Crippen LogP contribution in [0.2, 0.25) is 0 Å². The maximum atomic E-state index is 11.7. The first-order valence-corrected chi connectivity index (χ1v) is 7.25. The largest absolute Gasteiger partial charge is 0.363 e. The van der Waals surface area contributed by atoms with E-state index in [1.807, 2.05) is 6.92 Å². The second-order valence-corrected chi connectivity index (χ2v) is 6.55. The minimum Gasteiger partial charge on any atom is -0.363 e. The molecule has 6 nitrogen and oxygen atoms in total. The minimum absolute atomic E-state index is 0.0529. The number of rotatable bonds is 6. The van der Waals surface area contributed by atoms with Crippen molar-refractivity contribution in [3.63, 3.8) is 0 Å². The van der Waals surface area contributed by atoms with Crippen LogP contribution in [-0.4, -0.2) is 41.4 Å². The molecule has 1 fully saturated rings. The summed E-state index contributed by atoms with van der Waals surface area (Å²) < 4.78 is 5.55. The summed E-state index contributed by atoms with van der Waals surface area (Å²) >= 11 is 1.42. The number of aromatic nitrogens is 2. The van der Waals surface area contributed by atoms with E-state index in [1.54, 1.807) is 0 Å². The smallest absolute Gasteiger partial charge is 0.252 e. The zero-order chi connectivity index (χ0) is 13.9. The number of carbonyl (C=O) groups excluding carboxylic acids is 1. The lowest BCUT2D eigenvalue weighted by molar-refractivity contribution is -0.130. The van der Waals surface area contributed by atoms with Crippen molar-refractivity contribution in [3.05, 3.63) is 5.01 Å². The van der Waals surface area contributed by atoms with Gasteiger partial charge < -0.3 is 10.1 Å². The van der Waals surface area contributed by atoms with Crippen LogP contribution in [0.4, 0.5) is 5.13 Å². The topological polar surface area (TPSA) is 76.1 Å². The molecule has 0 unspecified atom stereocenters. The quantitative estimate of drug-likeness (QED) is 0.816. The predicted molar refractivity (Wildman–Crippen MR) is 74.3 cm³/mol. The summed E-state index contributed by atoms with van der Waals surface area (Å²) in [6.45, 7) is 7.87. The van der Waals surface area contributed by atoms with Gasteiger partial charge in [-0.2, -0.15) is 0 Å². The Morgan fingerprint density at radius 1 is 1.53 bits per heavy atom. The molecule has 1 aliphatic rings. The van der Waals surface area contributed by atoms with Gasteiger partial charge in [0.25, 0.3) is 5.91 Å². The number of anilines is 1. The number of hydrogen-bond acceptors (Lipinski definition) is 6. The first-order chi connectivity index (χ1) is 8.97. The van der Waals surface area contributed by atoms with Crippen LogP contribution in [0.1, 0.15) is 25.8 Å². The average Bonchev–Trinajstić information content (AvgIpc) is 2.70. The average molecular weight is 284 g/mol. The lowest BCUT2D eigenvalue weighted by Gasteiger charge is -2.38. The highest BCUT2D eigenvalue weighted by Gasteiger charge is 2.33. The first-order valence-electron chi connectivity index (χ1n) is 6.44. The summed E-state index contributed by atoms with van der Waals surface area (Å²) in [6.07, 6.45) is 0.883.